The molecule has 0 fully saturated rings. The lowest BCUT2D eigenvalue weighted by atomic mass is 10.1. The van der Waals surface area contributed by atoms with Gasteiger partial charge in [0.25, 0.3) is 5.91 Å². The lowest BCUT2D eigenvalue weighted by Crippen LogP contribution is -2.30. The molecular weight excluding hydrogens is 499 g/mol. The van der Waals surface area contributed by atoms with E-state index >= 15 is 0 Å². The van der Waals surface area contributed by atoms with Crippen LogP contribution in [0.25, 0.3) is 0 Å². The summed E-state index contributed by atoms with van der Waals surface area (Å²) in [5, 5.41) is 3.99. The van der Waals surface area contributed by atoms with Gasteiger partial charge in [0.2, 0.25) is 5.91 Å². The number of esters is 1. The maximum Gasteiger partial charge on any atom is 0.341 e. The van der Waals surface area contributed by atoms with Crippen molar-refractivity contribution in [3.8, 4) is 5.75 Å². The van der Waals surface area contributed by atoms with Crippen LogP contribution >= 0.6 is 34.5 Å². The van der Waals surface area contributed by atoms with Crippen molar-refractivity contribution in [3.05, 3.63) is 44.2 Å². The molecule has 186 valence electrons. The topological polar surface area (TPSA) is 84.9 Å². The third-order valence-electron chi connectivity index (χ3n) is 4.89. The van der Waals surface area contributed by atoms with Crippen LogP contribution in [-0.2, 0) is 9.53 Å². The summed E-state index contributed by atoms with van der Waals surface area (Å²) in [6.45, 7) is 10.3. The number of thiophene rings is 1. The van der Waals surface area contributed by atoms with E-state index in [1.54, 1.807) is 43.9 Å². The van der Waals surface area contributed by atoms with Crippen molar-refractivity contribution in [1.82, 2.24) is 4.90 Å². The maximum absolute atomic E-state index is 13.0. The number of nitrogens with one attached hydrogen (secondary N) is 1. The molecule has 0 spiro atoms. The molecule has 2 rings (SSSR count). The van der Waals surface area contributed by atoms with Crippen LogP contribution in [0.3, 0.4) is 0 Å². The highest BCUT2D eigenvalue weighted by atomic mass is 35.5. The van der Waals surface area contributed by atoms with Crippen molar-refractivity contribution in [2.75, 3.05) is 25.0 Å². The number of amides is 2. The summed E-state index contributed by atoms with van der Waals surface area (Å²) in [5.74, 6) is -0.565. The predicted molar refractivity (Wildman–Crippen MR) is 137 cm³/mol. The molecule has 2 aromatic rings. The van der Waals surface area contributed by atoms with Gasteiger partial charge in [-0.15, -0.1) is 11.3 Å². The van der Waals surface area contributed by atoms with Gasteiger partial charge in [-0.1, -0.05) is 23.2 Å². The van der Waals surface area contributed by atoms with E-state index in [-0.39, 0.29) is 36.5 Å². The molecular formula is C24H30Cl2N2O5S. The van der Waals surface area contributed by atoms with Crippen LogP contribution in [0.15, 0.2) is 18.2 Å². The molecule has 34 heavy (non-hydrogen) atoms. The minimum absolute atomic E-state index is 0.153. The Morgan fingerprint density at radius 1 is 1.15 bits per heavy atom. The first-order valence-corrected chi connectivity index (χ1v) is 12.7. The van der Waals surface area contributed by atoms with E-state index in [4.69, 9.17) is 32.7 Å². The van der Waals surface area contributed by atoms with Crippen molar-refractivity contribution < 1.29 is 23.9 Å². The quantitative estimate of drug-likeness (QED) is 0.277. The van der Waals surface area contributed by atoms with Gasteiger partial charge in [-0.2, -0.15) is 0 Å². The monoisotopic (exact) mass is 528 g/mol. The third-order valence-corrected chi connectivity index (χ3v) is 6.62. The number of carbonyl (C=O) groups is 3. The summed E-state index contributed by atoms with van der Waals surface area (Å²) in [6, 6.07) is 4.92. The molecule has 0 aliphatic rings. The smallest absolute Gasteiger partial charge is 0.341 e. The molecule has 0 unspecified atom stereocenters. The largest absolute Gasteiger partial charge is 0.492 e. The minimum atomic E-state index is -0.571. The second kappa shape index (κ2) is 13.0. The zero-order valence-electron chi connectivity index (χ0n) is 20.0. The predicted octanol–water partition coefficient (Wildman–Crippen LogP) is 6.21. The van der Waals surface area contributed by atoms with Gasteiger partial charge in [0, 0.05) is 24.5 Å². The van der Waals surface area contributed by atoms with E-state index in [9.17, 15) is 14.4 Å². The van der Waals surface area contributed by atoms with E-state index in [0.717, 1.165) is 11.3 Å². The highest BCUT2D eigenvalue weighted by molar-refractivity contribution is 7.18. The Morgan fingerprint density at radius 3 is 2.41 bits per heavy atom. The number of anilines is 1. The second-order valence-corrected chi connectivity index (χ2v) is 9.63. The van der Waals surface area contributed by atoms with E-state index in [1.807, 2.05) is 13.8 Å². The minimum Gasteiger partial charge on any atom is -0.492 e. The summed E-state index contributed by atoms with van der Waals surface area (Å²) >= 11 is 13.1. The number of halogens is 2. The molecule has 1 aromatic carbocycles. The van der Waals surface area contributed by atoms with Crippen molar-refractivity contribution >= 4 is 57.3 Å². The molecule has 1 heterocycles. The Labute approximate surface area is 214 Å². The molecule has 1 aromatic heterocycles. The summed E-state index contributed by atoms with van der Waals surface area (Å²) in [7, 11) is 0. The van der Waals surface area contributed by atoms with Gasteiger partial charge < -0.3 is 19.7 Å². The van der Waals surface area contributed by atoms with Gasteiger partial charge in [-0.25, -0.2) is 4.79 Å². The number of ether oxygens (including phenoxy) is 2. The number of nitrogens with zero attached hydrogens (tertiary/aromatic N) is 1. The first kappa shape index (κ1) is 28.0. The average Bonchev–Trinajstić information content (AvgIpc) is 3.08. The standard InChI is InChI=1S/C24H30Cl2N2O5S/c1-6-28(7-2)23(30)21-15(5)20(24(31)33-14(3)4)22(34-21)27-19(29)9-8-12-32-18-11-10-16(25)13-17(18)26/h10-11,13-14H,6-9,12H2,1-5H3,(H,27,29). The zero-order chi connectivity index (χ0) is 25.4. The number of hydrogen-bond acceptors (Lipinski definition) is 6. The van der Waals surface area contributed by atoms with Crippen LogP contribution in [0.2, 0.25) is 10.0 Å². The fourth-order valence-electron chi connectivity index (χ4n) is 3.18. The van der Waals surface area contributed by atoms with Crippen LogP contribution < -0.4 is 10.1 Å². The highest BCUT2D eigenvalue weighted by Crippen LogP contribution is 2.35. The molecule has 0 bridgehead atoms. The highest BCUT2D eigenvalue weighted by Gasteiger charge is 2.28. The van der Waals surface area contributed by atoms with Crippen molar-refractivity contribution in [2.24, 2.45) is 0 Å². The fourth-order valence-corrected chi connectivity index (χ4v) is 4.82. The Morgan fingerprint density at radius 2 is 1.82 bits per heavy atom. The second-order valence-electron chi connectivity index (χ2n) is 7.77. The van der Waals surface area contributed by atoms with Gasteiger partial charge in [0.15, 0.2) is 0 Å². The Hall–Kier alpha value is -2.29. The Bertz CT molecular complexity index is 1030. The van der Waals surface area contributed by atoms with Crippen LogP contribution in [0.5, 0.6) is 5.75 Å². The van der Waals surface area contributed by atoms with Crippen LogP contribution in [0.1, 0.15) is 66.1 Å². The molecule has 10 heteroatoms. The third kappa shape index (κ3) is 7.35. The SMILES string of the molecule is CCN(CC)C(=O)c1sc(NC(=O)CCCOc2ccc(Cl)cc2Cl)c(C(=O)OC(C)C)c1C. The molecule has 2 amide bonds. The Kier molecular flexibility index (Phi) is 10.7. The average molecular weight is 529 g/mol. The first-order valence-electron chi connectivity index (χ1n) is 11.1. The molecule has 7 nitrogen and oxygen atoms in total. The van der Waals surface area contributed by atoms with Crippen molar-refractivity contribution in [2.45, 2.75) is 53.6 Å². The summed E-state index contributed by atoms with van der Waals surface area (Å²) in [5.41, 5.74) is 0.718. The van der Waals surface area contributed by atoms with Crippen LogP contribution in [-0.4, -0.2) is 48.5 Å². The van der Waals surface area contributed by atoms with Crippen molar-refractivity contribution in [3.63, 3.8) is 0 Å². The number of rotatable bonds is 11. The van der Waals surface area contributed by atoms with Crippen LogP contribution in [0, 0.1) is 6.92 Å². The molecule has 1 N–H and O–H groups in total. The molecule has 0 radical (unpaired) electrons. The summed E-state index contributed by atoms with van der Waals surface area (Å²) < 4.78 is 11.0. The van der Waals surface area contributed by atoms with E-state index in [1.165, 1.54) is 0 Å². The van der Waals surface area contributed by atoms with Crippen LogP contribution in [0.4, 0.5) is 5.00 Å². The normalized spacial score (nSPS) is 10.8. The zero-order valence-corrected chi connectivity index (χ0v) is 22.3. The van der Waals surface area contributed by atoms with Gasteiger partial charge in [-0.05, 0) is 64.8 Å². The number of carbonyl (C=O) groups excluding carboxylic acids is 3. The number of benzene rings is 1. The van der Waals surface area contributed by atoms with Crippen molar-refractivity contribution in [1.29, 1.82) is 0 Å². The summed E-state index contributed by atoms with van der Waals surface area (Å²) in [4.78, 5) is 40.4. The lowest BCUT2D eigenvalue weighted by molar-refractivity contribution is -0.116. The maximum atomic E-state index is 13.0. The fraction of sp³-hybridized carbons (Fsp3) is 0.458. The molecule has 0 saturated carbocycles. The van der Waals surface area contributed by atoms with E-state index in [2.05, 4.69) is 5.32 Å². The van der Waals surface area contributed by atoms with E-state index in [0.29, 0.717) is 50.7 Å². The molecule has 0 aliphatic carbocycles. The summed E-state index contributed by atoms with van der Waals surface area (Å²) in [6.07, 6.45) is 0.237. The van der Waals surface area contributed by atoms with E-state index < -0.39 is 5.97 Å². The molecule has 0 atom stereocenters. The number of hydrogen-bond donors (Lipinski definition) is 1. The van der Waals surface area contributed by atoms with Gasteiger partial charge in [0.05, 0.1) is 28.2 Å². The van der Waals surface area contributed by atoms with Gasteiger partial charge >= 0.3 is 5.97 Å². The van der Waals surface area contributed by atoms with Gasteiger partial charge in [0.1, 0.15) is 10.8 Å². The van der Waals surface area contributed by atoms with Gasteiger partial charge in [-0.3, -0.25) is 9.59 Å². The Balaban J connectivity index is 2.12. The first-order chi connectivity index (χ1) is 16.1. The molecule has 0 saturated heterocycles. The lowest BCUT2D eigenvalue weighted by Gasteiger charge is -2.18. The molecule has 0 aliphatic heterocycles.